The minimum atomic E-state index is -0.155. The summed E-state index contributed by atoms with van der Waals surface area (Å²) in [6.45, 7) is 0.355. The largest absolute Gasteiger partial charge is 0.497 e. The molecule has 0 bridgehead atoms. The standard InChI is InChI=1S/C14H18N4O2/c1-17(2)12-7-14(19)18(16-8-12)9-10-4-11(15)6-13(5-10)20-3/h4-8H,9,15H2,1-3H3. The smallest absolute Gasteiger partial charge is 0.269 e. The average molecular weight is 274 g/mol. The van der Waals surface area contributed by atoms with Gasteiger partial charge in [-0.25, -0.2) is 4.68 Å². The monoisotopic (exact) mass is 274 g/mol. The van der Waals surface area contributed by atoms with Gasteiger partial charge in [0.1, 0.15) is 5.75 Å². The summed E-state index contributed by atoms with van der Waals surface area (Å²) in [6, 6.07) is 6.92. The van der Waals surface area contributed by atoms with E-state index in [2.05, 4.69) is 5.10 Å². The van der Waals surface area contributed by atoms with Crippen molar-refractivity contribution in [2.24, 2.45) is 0 Å². The van der Waals surface area contributed by atoms with E-state index in [9.17, 15) is 4.79 Å². The summed E-state index contributed by atoms with van der Waals surface area (Å²) in [7, 11) is 5.31. The molecule has 0 saturated heterocycles. The fourth-order valence-corrected chi connectivity index (χ4v) is 1.86. The number of hydrogen-bond acceptors (Lipinski definition) is 5. The molecule has 106 valence electrons. The van der Waals surface area contributed by atoms with E-state index >= 15 is 0 Å². The topological polar surface area (TPSA) is 73.4 Å². The zero-order chi connectivity index (χ0) is 14.7. The fraction of sp³-hybridized carbons (Fsp3) is 0.286. The predicted octanol–water partition coefficient (Wildman–Crippen LogP) is 0.948. The van der Waals surface area contributed by atoms with Crippen LogP contribution in [0.25, 0.3) is 0 Å². The first-order chi connectivity index (χ1) is 9.49. The van der Waals surface area contributed by atoms with Crippen molar-refractivity contribution in [2.75, 3.05) is 31.8 Å². The molecule has 6 nitrogen and oxygen atoms in total. The molecular formula is C14H18N4O2. The van der Waals surface area contributed by atoms with Gasteiger partial charge in [-0.1, -0.05) is 0 Å². The van der Waals surface area contributed by atoms with Crippen LogP contribution in [0.4, 0.5) is 11.4 Å². The second kappa shape index (κ2) is 5.64. The molecule has 0 unspecified atom stereocenters. The highest BCUT2D eigenvalue weighted by molar-refractivity contribution is 5.47. The Bertz CT molecular complexity index is 664. The van der Waals surface area contributed by atoms with Gasteiger partial charge in [-0.3, -0.25) is 4.79 Å². The number of anilines is 2. The van der Waals surface area contributed by atoms with Crippen molar-refractivity contribution in [3.8, 4) is 5.75 Å². The molecule has 6 heteroatoms. The number of ether oxygens (including phenoxy) is 1. The normalized spacial score (nSPS) is 10.3. The van der Waals surface area contributed by atoms with Crippen molar-refractivity contribution in [3.63, 3.8) is 0 Å². The zero-order valence-electron chi connectivity index (χ0n) is 11.8. The number of aromatic nitrogens is 2. The molecule has 0 saturated carbocycles. The van der Waals surface area contributed by atoms with Gasteiger partial charge in [-0.2, -0.15) is 5.10 Å². The summed E-state index contributed by atoms with van der Waals surface area (Å²) in [5.74, 6) is 0.665. The van der Waals surface area contributed by atoms with Crippen LogP contribution in [0, 0.1) is 0 Å². The van der Waals surface area contributed by atoms with Crippen LogP contribution in [0.3, 0.4) is 0 Å². The van der Waals surface area contributed by atoms with Crippen molar-refractivity contribution in [1.82, 2.24) is 9.78 Å². The van der Waals surface area contributed by atoms with E-state index in [1.165, 1.54) is 4.68 Å². The molecule has 0 fully saturated rings. The summed E-state index contributed by atoms with van der Waals surface area (Å²) in [6.07, 6.45) is 1.66. The Balaban J connectivity index is 2.30. The minimum Gasteiger partial charge on any atom is -0.497 e. The van der Waals surface area contributed by atoms with E-state index in [0.29, 0.717) is 18.0 Å². The van der Waals surface area contributed by atoms with Crippen LogP contribution >= 0.6 is 0 Å². The maximum Gasteiger partial charge on any atom is 0.269 e. The van der Waals surface area contributed by atoms with Crippen LogP contribution in [-0.2, 0) is 6.54 Å². The molecule has 0 aliphatic carbocycles. The maximum absolute atomic E-state index is 12.0. The van der Waals surface area contributed by atoms with Crippen molar-refractivity contribution in [3.05, 3.63) is 46.4 Å². The number of hydrogen-bond donors (Lipinski definition) is 1. The van der Waals surface area contributed by atoms with Gasteiger partial charge in [-0.15, -0.1) is 0 Å². The fourth-order valence-electron chi connectivity index (χ4n) is 1.86. The van der Waals surface area contributed by atoms with Gasteiger partial charge in [-0.05, 0) is 17.7 Å². The Labute approximate surface area is 117 Å². The molecule has 1 aromatic heterocycles. The van der Waals surface area contributed by atoms with Crippen LogP contribution in [0.5, 0.6) is 5.75 Å². The molecule has 0 radical (unpaired) electrons. The number of nitrogens with zero attached hydrogens (tertiary/aromatic N) is 3. The lowest BCUT2D eigenvalue weighted by Gasteiger charge is -2.13. The molecule has 2 rings (SSSR count). The van der Waals surface area contributed by atoms with Crippen molar-refractivity contribution >= 4 is 11.4 Å². The van der Waals surface area contributed by atoms with E-state index in [1.807, 2.05) is 25.1 Å². The first-order valence-corrected chi connectivity index (χ1v) is 6.17. The van der Waals surface area contributed by atoms with Crippen LogP contribution in [-0.4, -0.2) is 31.0 Å². The highest BCUT2D eigenvalue weighted by atomic mass is 16.5. The second-order valence-corrected chi connectivity index (χ2v) is 4.72. The molecule has 0 spiro atoms. The minimum absolute atomic E-state index is 0.155. The van der Waals surface area contributed by atoms with E-state index in [1.54, 1.807) is 31.5 Å². The molecule has 0 aliphatic rings. The number of rotatable bonds is 4. The van der Waals surface area contributed by atoms with Gasteiger partial charge < -0.3 is 15.4 Å². The van der Waals surface area contributed by atoms with Crippen molar-refractivity contribution in [1.29, 1.82) is 0 Å². The summed E-state index contributed by atoms with van der Waals surface area (Å²) in [5.41, 5.74) is 7.88. The van der Waals surface area contributed by atoms with Gasteiger partial charge in [0.25, 0.3) is 5.56 Å². The Morgan fingerprint density at radius 1 is 1.30 bits per heavy atom. The SMILES string of the molecule is COc1cc(N)cc(Cn2ncc(N(C)C)cc2=O)c1. The highest BCUT2D eigenvalue weighted by Crippen LogP contribution is 2.18. The highest BCUT2D eigenvalue weighted by Gasteiger charge is 2.05. The molecule has 2 aromatic rings. The summed E-state index contributed by atoms with van der Waals surface area (Å²) in [4.78, 5) is 13.8. The Hall–Kier alpha value is -2.50. The third kappa shape index (κ3) is 3.09. The van der Waals surface area contributed by atoms with Crippen LogP contribution in [0.2, 0.25) is 0 Å². The van der Waals surface area contributed by atoms with E-state index < -0.39 is 0 Å². The molecule has 20 heavy (non-hydrogen) atoms. The number of methoxy groups -OCH3 is 1. The number of nitrogens with two attached hydrogens (primary N) is 1. The van der Waals surface area contributed by atoms with E-state index in [-0.39, 0.29) is 5.56 Å². The first-order valence-electron chi connectivity index (χ1n) is 6.17. The Morgan fingerprint density at radius 3 is 2.65 bits per heavy atom. The van der Waals surface area contributed by atoms with E-state index in [4.69, 9.17) is 10.5 Å². The molecule has 2 N–H and O–H groups in total. The maximum atomic E-state index is 12.0. The van der Waals surface area contributed by atoms with Gasteiger partial charge in [0.2, 0.25) is 0 Å². The zero-order valence-corrected chi connectivity index (χ0v) is 11.8. The third-order valence-electron chi connectivity index (χ3n) is 2.93. The van der Waals surface area contributed by atoms with Crippen LogP contribution in [0.1, 0.15) is 5.56 Å². The second-order valence-electron chi connectivity index (χ2n) is 4.72. The molecule has 0 atom stereocenters. The predicted molar refractivity (Wildman–Crippen MR) is 79.3 cm³/mol. The molecule has 1 heterocycles. The van der Waals surface area contributed by atoms with E-state index in [0.717, 1.165) is 11.3 Å². The van der Waals surface area contributed by atoms with Crippen LogP contribution in [0.15, 0.2) is 35.3 Å². The lowest BCUT2D eigenvalue weighted by molar-refractivity contribution is 0.414. The molecule has 0 amide bonds. The molecule has 1 aromatic carbocycles. The molecule has 0 aliphatic heterocycles. The van der Waals surface area contributed by atoms with Gasteiger partial charge in [0.05, 0.1) is 25.5 Å². The quantitative estimate of drug-likeness (QED) is 0.840. The Morgan fingerprint density at radius 2 is 2.05 bits per heavy atom. The lowest BCUT2D eigenvalue weighted by Crippen LogP contribution is -2.24. The van der Waals surface area contributed by atoms with Gasteiger partial charge in [0, 0.05) is 31.9 Å². The van der Waals surface area contributed by atoms with Gasteiger partial charge >= 0.3 is 0 Å². The number of nitrogen functional groups attached to an aromatic ring is 1. The van der Waals surface area contributed by atoms with Crippen molar-refractivity contribution in [2.45, 2.75) is 6.54 Å². The number of benzene rings is 1. The van der Waals surface area contributed by atoms with Crippen molar-refractivity contribution < 1.29 is 4.74 Å². The molecular weight excluding hydrogens is 256 g/mol. The average Bonchev–Trinajstić information content (AvgIpc) is 2.40. The van der Waals surface area contributed by atoms with Crippen LogP contribution < -0.4 is 20.9 Å². The first kappa shape index (κ1) is 13.9. The van der Waals surface area contributed by atoms with Gasteiger partial charge in [0.15, 0.2) is 0 Å². The lowest BCUT2D eigenvalue weighted by atomic mass is 10.2. The Kier molecular flexibility index (Phi) is 3.93. The summed E-state index contributed by atoms with van der Waals surface area (Å²) < 4.78 is 6.55. The summed E-state index contributed by atoms with van der Waals surface area (Å²) in [5, 5.41) is 4.16. The summed E-state index contributed by atoms with van der Waals surface area (Å²) >= 11 is 0. The third-order valence-corrected chi connectivity index (χ3v) is 2.93.